The van der Waals surface area contributed by atoms with Crippen LogP contribution in [-0.2, 0) is 17.2 Å². The summed E-state index contributed by atoms with van der Waals surface area (Å²) < 4.78 is 20.3. The van der Waals surface area contributed by atoms with Gasteiger partial charge in [0.05, 0.1) is 12.5 Å². The van der Waals surface area contributed by atoms with Crippen LogP contribution in [0.3, 0.4) is 0 Å². The zero-order valence-corrected chi connectivity index (χ0v) is 11.6. The lowest BCUT2D eigenvalue weighted by molar-refractivity contribution is 0.187. The molecule has 4 nitrogen and oxygen atoms in total. The normalized spacial score (nSPS) is 10.9. The molecular formula is C13H15ClFN3O. The van der Waals surface area contributed by atoms with Gasteiger partial charge in [-0.2, -0.15) is 0 Å². The number of ether oxygens (including phenoxy) is 1. The number of nitrogens with zero attached hydrogens (tertiary/aromatic N) is 3. The number of aryl methyl sites for hydroxylation is 1. The Morgan fingerprint density at radius 3 is 2.84 bits per heavy atom. The molecule has 0 aliphatic carbocycles. The fourth-order valence-electron chi connectivity index (χ4n) is 1.89. The maximum absolute atomic E-state index is 13.4. The van der Waals surface area contributed by atoms with Gasteiger partial charge in [0.25, 0.3) is 0 Å². The van der Waals surface area contributed by atoms with Gasteiger partial charge in [0, 0.05) is 19.2 Å². The lowest BCUT2D eigenvalue weighted by Gasteiger charge is -2.10. The summed E-state index contributed by atoms with van der Waals surface area (Å²) in [7, 11) is 1.62. The zero-order valence-electron chi connectivity index (χ0n) is 10.9. The Morgan fingerprint density at radius 2 is 2.16 bits per heavy atom. The first-order chi connectivity index (χ1) is 9.17. The molecule has 0 fully saturated rings. The molecule has 6 heteroatoms. The lowest BCUT2D eigenvalue weighted by atomic mass is 10.1. The quantitative estimate of drug-likeness (QED) is 0.792. The SMILES string of the molecule is COCCn1c(CCl)nnc1-c1cc(F)ccc1C. The fraction of sp³-hybridized carbons (Fsp3) is 0.385. The number of hydrogen-bond acceptors (Lipinski definition) is 3. The molecule has 0 amide bonds. The first-order valence-electron chi connectivity index (χ1n) is 5.91. The number of benzene rings is 1. The van der Waals surface area contributed by atoms with Crippen LogP contribution >= 0.6 is 11.6 Å². The summed E-state index contributed by atoms with van der Waals surface area (Å²) in [5.41, 5.74) is 1.66. The number of halogens is 2. The average molecular weight is 284 g/mol. The summed E-state index contributed by atoms with van der Waals surface area (Å²) in [6.07, 6.45) is 0. The van der Waals surface area contributed by atoms with Crippen molar-refractivity contribution in [1.29, 1.82) is 0 Å². The molecule has 0 N–H and O–H groups in total. The number of hydrogen-bond donors (Lipinski definition) is 0. The Bertz CT molecular complexity index is 571. The molecule has 0 atom stereocenters. The molecule has 2 rings (SSSR count). The molecule has 0 radical (unpaired) electrons. The first-order valence-corrected chi connectivity index (χ1v) is 6.44. The van der Waals surface area contributed by atoms with E-state index in [4.69, 9.17) is 16.3 Å². The van der Waals surface area contributed by atoms with Gasteiger partial charge in [-0.15, -0.1) is 21.8 Å². The Hall–Kier alpha value is -1.46. The number of alkyl halides is 1. The van der Waals surface area contributed by atoms with Gasteiger partial charge in [0.1, 0.15) is 11.6 Å². The van der Waals surface area contributed by atoms with Crippen molar-refractivity contribution in [3.05, 3.63) is 35.4 Å². The van der Waals surface area contributed by atoms with Crippen LogP contribution in [0.25, 0.3) is 11.4 Å². The van der Waals surface area contributed by atoms with E-state index in [1.807, 2.05) is 11.5 Å². The van der Waals surface area contributed by atoms with Crippen molar-refractivity contribution in [3.63, 3.8) is 0 Å². The van der Waals surface area contributed by atoms with Crippen LogP contribution < -0.4 is 0 Å². The van der Waals surface area contributed by atoms with Gasteiger partial charge in [-0.1, -0.05) is 6.07 Å². The number of aromatic nitrogens is 3. The second-order valence-electron chi connectivity index (χ2n) is 4.18. The van der Waals surface area contributed by atoms with Crippen LogP contribution in [0, 0.1) is 12.7 Å². The van der Waals surface area contributed by atoms with Gasteiger partial charge >= 0.3 is 0 Å². The molecule has 0 unspecified atom stereocenters. The Morgan fingerprint density at radius 1 is 1.37 bits per heavy atom. The van der Waals surface area contributed by atoms with E-state index in [-0.39, 0.29) is 11.7 Å². The van der Waals surface area contributed by atoms with Gasteiger partial charge in [-0.3, -0.25) is 0 Å². The van der Waals surface area contributed by atoms with Gasteiger partial charge in [-0.05, 0) is 24.6 Å². The average Bonchev–Trinajstić information content (AvgIpc) is 2.81. The molecule has 0 saturated carbocycles. The van der Waals surface area contributed by atoms with E-state index in [0.29, 0.717) is 24.8 Å². The van der Waals surface area contributed by atoms with Crippen molar-refractivity contribution < 1.29 is 9.13 Å². The van der Waals surface area contributed by atoms with Gasteiger partial charge in [-0.25, -0.2) is 4.39 Å². The molecule has 1 aromatic carbocycles. The maximum Gasteiger partial charge on any atom is 0.164 e. The summed E-state index contributed by atoms with van der Waals surface area (Å²) in [6, 6.07) is 4.61. The third-order valence-corrected chi connectivity index (χ3v) is 3.15. The molecule has 0 spiro atoms. The second-order valence-corrected chi connectivity index (χ2v) is 4.44. The van der Waals surface area contributed by atoms with E-state index < -0.39 is 0 Å². The van der Waals surface area contributed by atoms with E-state index in [1.54, 1.807) is 13.2 Å². The third-order valence-electron chi connectivity index (χ3n) is 2.91. The van der Waals surface area contributed by atoms with E-state index in [9.17, 15) is 4.39 Å². The maximum atomic E-state index is 13.4. The highest BCUT2D eigenvalue weighted by Gasteiger charge is 2.15. The molecule has 0 aliphatic heterocycles. The predicted octanol–water partition coefficient (Wildman–Crippen LogP) is 2.78. The summed E-state index contributed by atoms with van der Waals surface area (Å²) in [5, 5.41) is 8.16. The standard InChI is InChI=1S/C13H15ClFN3O/c1-9-3-4-10(15)7-11(9)13-17-16-12(8-14)18(13)5-6-19-2/h3-4,7H,5-6,8H2,1-2H3. The van der Waals surface area contributed by atoms with Crippen LogP contribution in [0.1, 0.15) is 11.4 Å². The van der Waals surface area contributed by atoms with E-state index in [1.165, 1.54) is 12.1 Å². The minimum atomic E-state index is -0.297. The van der Waals surface area contributed by atoms with Crippen LogP contribution in [-0.4, -0.2) is 28.5 Å². The highest BCUT2D eigenvalue weighted by atomic mass is 35.5. The summed E-state index contributed by atoms with van der Waals surface area (Å²) in [6.45, 7) is 3.00. The molecule has 0 bridgehead atoms. The molecule has 19 heavy (non-hydrogen) atoms. The molecule has 1 aromatic heterocycles. The fourth-order valence-corrected chi connectivity index (χ4v) is 2.08. The predicted molar refractivity (Wildman–Crippen MR) is 71.6 cm³/mol. The van der Waals surface area contributed by atoms with Gasteiger partial charge in [0.15, 0.2) is 5.82 Å². The lowest BCUT2D eigenvalue weighted by Crippen LogP contribution is -2.09. The largest absolute Gasteiger partial charge is 0.383 e. The van der Waals surface area contributed by atoms with Crippen molar-refractivity contribution in [2.24, 2.45) is 0 Å². The third kappa shape index (κ3) is 2.93. The van der Waals surface area contributed by atoms with Crippen molar-refractivity contribution in [2.45, 2.75) is 19.3 Å². The molecule has 0 aliphatic rings. The highest BCUT2D eigenvalue weighted by molar-refractivity contribution is 6.16. The van der Waals surface area contributed by atoms with E-state index in [0.717, 1.165) is 11.1 Å². The van der Waals surface area contributed by atoms with Gasteiger partial charge < -0.3 is 9.30 Å². The number of rotatable bonds is 5. The summed E-state index contributed by atoms with van der Waals surface area (Å²) in [5.74, 6) is 1.22. The summed E-state index contributed by atoms with van der Waals surface area (Å²) >= 11 is 5.84. The van der Waals surface area contributed by atoms with Crippen molar-refractivity contribution in [2.75, 3.05) is 13.7 Å². The topological polar surface area (TPSA) is 39.9 Å². The second kappa shape index (κ2) is 6.12. The number of methoxy groups -OCH3 is 1. The van der Waals surface area contributed by atoms with Crippen LogP contribution in [0.15, 0.2) is 18.2 Å². The van der Waals surface area contributed by atoms with E-state index >= 15 is 0 Å². The Balaban J connectivity index is 2.49. The minimum absolute atomic E-state index is 0.255. The van der Waals surface area contributed by atoms with Crippen LogP contribution in [0.5, 0.6) is 0 Å². The Kier molecular flexibility index (Phi) is 4.50. The molecule has 102 valence electrons. The summed E-state index contributed by atoms with van der Waals surface area (Å²) in [4.78, 5) is 0. The van der Waals surface area contributed by atoms with Crippen LogP contribution in [0.2, 0.25) is 0 Å². The molecule has 0 saturated heterocycles. The highest BCUT2D eigenvalue weighted by Crippen LogP contribution is 2.24. The molecule has 1 heterocycles. The smallest absolute Gasteiger partial charge is 0.164 e. The first kappa shape index (κ1) is 14.0. The molecule has 2 aromatic rings. The monoisotopic (exact) mass is 283 g/mol. The van der Waals surface area contributed by atoms with Crippen molar-refractivity contribution in [3.8, 4) is 11.4 Å². The minimum Gasteiger partial charge on any atom is -0.383 e. The van der Waals surface area contributed by atoms with Crippen LogP contribution in [0.4, 0.5) is 4.39 Å². The zero-order chi connectivity index (χ0) is 13.8. The van der Waals surface area contributed by atoms with E-state index in [2.05, 4.69) is 10.2 Å². The van der Waals surface area contributed by atoms with Gasteiger partial charge in [0.2, 0.25) is 0 Å². The Labute approximate surface area is 116 Å². The van der Waals surface area contributed by atoms with Crippen molar-refractivity contribution >= 4 is 11.6 Å². The van der Waals surface area contributed by atoms with Crippen molar-refractivity contribution in [1.82, 2.24) is 14.8 Å². The molecular weight excluding hydrogens is 269 g/mol.